The van der Waals surface area contributed by atoms with Crippen LogP contribution < -0.4 is 5.32 Å². The number of likely N-dealkylation sites (N-methyl/N-ethyl adjacent to an activating group) is 1. The van der Waals surface area contributed by atoms with Crippen molar-refractivity contribution >= 4 is 5.91 Å². The van der Waals surface area contributed by atoms with Crippen LogP contribution in [0.2, 0.25) is 0 Å². The molecule has 98 valence electrons. The number of nitrogens with zero attached hydrogens (tertiary/aromatic N) is 1. The van der Waals surface area contributed by atoms with E-state index in [-0.39, 0.29) is 12.2 Å². The van der Waals surface area contributed by atoms with E-state index in [4.69, 9.17) is 9.47 Å². The SMILES string of the molecule is CN(CCC1OCCCO1)CC(=O)NC1CC1. The molecule has 1 N–H and O–H groups in total. The first kappa shape index (κ1) is 12.8. The molecule has 17 heavy (non-hydrogen) atoms. The number of nitrogens with one attached hydrogen (secondary N) is 1. The molecule has 1 aliphatic carbocycles. The van der Waals surface area contributed by atoms with Crippen LogP contribution in [0.15, 0.2) is 0 Å². The average Bonchev–Trinajstić information content (AvgIpc) is 3.11. The second kappa shape index (κ2) is 6.33. The molecular weight excluding hydrogens is 220 g/mol. The minimum Gasteiger partial charge on any atom is -0.353 e. The monoisotopic (exact) mass is 242 g/mol. The predicted octanol–water partition coefficient (Wildman–Crippen LogP) is 0.350. The van der Waals surface area contributed by atoms with Crippen LogP contribution in [0, 0.1) is 0 Å². The van der Waals surface area contributed by atoms with Gasteiger partial charge in [-0.15, -0.1) is 0 Å². The zero-order chi connectivity index (χ0) is 12.1. The molecule has 0 aromatic heterocycles. The molecule has 1 saturated carbocycles. The highest BCUT2D eigenvalue weighted by Crippen LogP contribution is 2.18. The predicted molar refractivity (Wildman–Crippen MR) is 63.6 cm³/mol. The van der Waals surface area contributed by atoms with Crippen LogP contribution in [0.3, 0.4) is 0 Å². The van der Waals surface area contributed by atoms with E-state index in [1.165, 1.54) is 0 Å². The molecule has 1 amide bonds. The number of hydrogen-bond acceptors (Lipinski definition) is 4. The summed E-state index contributed by atoms with van der Waals surface area (Å²) in [5, 5.41) is 2.98. The summed E-state index contributed by atoms with van der Waals surface area (Å²) in [5.74, 6) is 0.125. The van der Waals surface area contributed by atoms with Crippen molar-refractivity contribution in [1.82, 2.24) is 10.2 Å². The van der Waals surface area contributed by atoms with Crippen LogP contribution >= 0.6 is 0 Å². The number of rotatable bonds is 6. The summed E-state index contributed by atoms with van der Waals surface area (Å²) in [6.07, 6.45) is 4.00. The minimum absolute atomic E-state index is 0.0855. The van der Waals surface area contributed by atoms with Crippen molar-refractivity contribution in [2.45, 2.75) is 38.0 Å². The normalized spacial score (nSPS) is 21.8. The Kier molecular flexibility index (Phi) is 4.76. The summed E-state index contributed by atoms with van der Waals surface area (Å²) in [6, 6.07) is 0.445. The first-order chi connectivity index (χ1) is 8.24. The Morgan fingerprint density at radius 1 is 1.35 bits per heavy atom. The molecule has 0 spiro atoms. The van der Waals surface area contributed by atoms with Crippen molar-refractivity contribution in [3.63, 3.8) is 0 Å². The van der Waals surface area contributed by atoms with Gasteiger partial charge in [0.2, 0.25) is 5.91 Å². The molecule has 0 aromatic carbocycles. The quantitative estimate of drug-likeness (QED) is 0.730. The summed E-state index contributed by atoms with van der Waals surface area (Å²) in [6.45, 7) is 2.86. The molecule has 5 heteroatoms. The minimum atomic E-state index is -0.0855. The maximum atomic E-state index is 11.5. The highest BCUT2D eigenvalue weighted by Gasteiger charge is 2.23. The summed E-state index contributed by atoms with van der Waals surface area (Å²) in [5.41, 5.74) is 0. The lowest BCUT2D eigenvalue weighted by Crippen LogP contribution is -2.38. The molecule has 0 aromatic rings. The molecule has 0 atom stereocenters. The van der Waals surface area contributed by atoms with Crippen LogP contribution in [0.5, 0.6) is 0 Å². The van der Waals surface area contributed by atoms with E-state index in [9.17, 15) is 4.79 Å². The molecule has 0 radical (unpaired) electrons. The Bertz CT molecular complexity index is 250. The van der Waals surface area contributed by atoms with Gasteiger partial charge in [-0.2, -0.15) is 0 Å². The Balaban J connectivity index is 1.55. The second-order valence-corrected chi connectivity index (χ2v) is 4.89. The highest BCUT2D eigenvalue weighted by atomic mass is 16.7. The number of hydrogen-bond donors (Lipinski definition) is 1. The molecule has 0 bridgehead atoms. The third-order valence-corrected chi connectivity index (χ3v) is 3.00. The van der Waals surface area contributed by atoms with Crippen LogP contribution in [0.1, 0.15) is 25.7 Å². The zero-order valence-corrected chi connectivity index (χ0v) is 10.5. The number of carbonyl (C=O) groups excluding carboxylic acids is 1. The lowest BCUT2D eigenvalue weighted by atomic mass is 10.3. The molecule has 0 unspecified atom stereocenters. The number of carbonyl (C=O) groups is 1. The summed E-state index contributed by atoms with van der Waals surface area (Å²) in [7, 11) is 1.95. The van der Waals surface area contributed by atoms with Crippen molar-refractivity contribution in [2.24, 2.45) is 0 Å². The van der Waals surface area contributed by atoms with Crippen LogP contribution in [0.4, 0.5) is 0 Å². The first-order valence-electron chi connectivity index (χ1n) is 6.45. The van der Waals surface area contributed by atoms with E-state index in [1.807, 2.05) is 11.9 Å². The van der Waals surface area contributed by atoms with E-state index in [2.05, 4.69) is 5.32 Å². The zero-order valence-electron chi connectivity index (χ0n) is 10.5. The van der Waals surface area contributed by atoms with Gasteiger partial charge in [0.05, 0.1) is 19.8 Å². The Morgan fingerprint density at radius 3 is 2.71 bits per heavy atom. The van der Waals surface area contributed by atoms with Crippen LogP contribution in [-0.4, -0.2) is 56.5 Å². The fourth-order valence-electron chi connectivity index (χ4n) is 1.85. The van der Waals surface area contributed by atoms with Crippen molar-refractivity contribution in [1.29, 1.82) is 0 Å². The topological polar surface area (TPSA) is 50.8 Å². The van der Waals surface area contributed by atoms with E-state index in [1.54, 1.807) is 0 Å². The van der Waals surface area contributed by atoms with Gasteiger partial charge < -0.3 is 14.8 Å². The fourth-order valence-corrected chi connectivity index (χ4v) is 1.85. The average molecular weight is 242 g/mol. The summed E-state index contributed by atoms with van der Waals surface area (Å²) in [4.78, 5) is 13.6. The lowest BCUT2D eigenvalue weighted by Gasteiger charge is -2.25. The number of amides is 1. The van der Waals surface area contributed by atoms with Crippen molar-refractivity contribution in [2.75, 3.05) is 33.4 Å². The Hall–Kier alpha value is -0.650. The van der Waals surface area contributed by atoms with Crippen molar-refractivity contribution in [3.05, 3.63) is 0 Å². The molecule has 1 saturated heterocycles. The van der Waals surface area contributed by atoms with Crippen molar-refractivity contribution in [3.8, 4) is 0 Å². The van der Waals surface area contributed by atoms with Crippen molar-refractivity contribution < 1.29 is 14.3 Å². The molecule has 1 heterocycles. The molecule has 1 aliphatic heterocycles. The maximum Gasteiger partial charge on any atom is 0.234 e. The van der Waals surface area contributed by atoms with Gasteiger partial charge in [-0.3, -0.25) is 9.69 Å². The molecule has 2 aliphatic rings. The van der Waals surface area contributed by atoms with Gasteiger partial charge in [-0.05, 0) is 26.3 Å². The molecule has 2 fully saturated rings. The van der Waals surface area contributed by atoms with Gasteiger partial charge in [-0.25, -0.2) is 0 Å². The first-order valence-corrected chi connectivity index (χ1v) is 6.45. The third kappa shape index (κ3) is 5.02. The van der Waals surface area contributed by atoms with Crippen LogP contribution in [-0.2, 0) is 14.3 Å². The highest BCUT2D eigenvalue weighted by molar-refractivity contribution is 5.78. The van der Waals surface area contributed by atoms with Gasteiger partial charge >= 0.3 is 0 Å². The summed E-state index contributed by atoms with van der Waals surface area (Å²) >= 11 is 0. The largest absolute Gasteiger partial charge is 0.353 e. The molecule has 5 nitrogen and oxygen atoms in total. The van der Waals surface area contributed by atoms with Gasteiger partial charge in [-0.1, -0.05) is 0 Å². The summed E-state index contributed by atoms with van der Waals surface area (Å²) < 4.78 is 10.9. The van der Waals surface area contributed by atoms with Gasteiger partial charge in [0, 0.05) is 19.0 Å². The van der Waals surface area contributed by atoms with E-state index in [0.717, 1.165) is 45.4 Å². The second-order valence-electron chi connectivity index (χ2n) is 4.89. The molecular formula is C12H22N2O3. The Labute approximate surface area is 102 Å². The lowest BCUT2D eigenvalue weighted by molar-refractivity contribution is -0.182. The standard InChI is InChI=1S/C12H22N2O3/c1-14(9-11(15)13-10-3-4-10)6-5-12-16-7-2-8-17-12/h10,12H,2-9H2,1H3,(H,13,15). The number of ether oxygens (including phenoxy) is 2. The van der Waals surface area contributed by atoms with E-state index < -0.39 is 0 Å². The smallest absolute Gasteiger partial charge is 0.234 e. The van der Waals surface area contributed by atoms with Gasteiger partial charge in [0.15, 0.2) is 6.29 Å². The Morgan fingerprint density at radius 2 is 2.06 bits per heavy atom. The third-order valence-electron chi connectivity index (χ3n) is 3.00. The maximum absolute atomic E-state index is 11.5. The van der Waals surface area contributed by atoms with Gasteiger partial charge in [0.1, 0.15) is 0 Å². The van der Waals surface area contributed by atoms with E-state index >= 15 is 0 Å². The van der Waals surface area contributed by atoms with E-state index in [0.29, 0.717) is 12.6 Å². The van der Waals surface area contributed by atoms with Gasteiger partial charge in [0.25, 0.3) is 0 Å². The fraction of sp³-hybridized carbons (Fsp3) is 0.917. The van der Waals surface area contributed by atoms with Crippen LogP contribution in [0.25, 0.3) is 0 Å². The molecule has 2 rings (SSSR count).